The third-order valence-electron chi connectivity index (χ3n) is 6.91. The molecule has 7 nitrogen and oxygen atoms in total. The van der Waals surface area contributed by atoms with E-state index in [1.54, 1.807) is 19.2 Å². The number of methoxy groups -OCH3 is 1. The van der Waals surface area contributed by atoms with Crippen LogP contribution in [0, 0.1) is 5.82 Å². The van der Waals surface area contributed by atoms with Gasteiger partial charge in [0.25, 0.3) is 0 Å². The minimum Gasteiger partial charge on any atom is -0.497 e. The van der Waals surface area contributed by atoms with Gasteiger partial charge >= 0.3 is 0 Å². The van der Waals surface area contributed by atoms with Crippen LogP contribution < -0.4 is 9.64 Å². The Morgan fingerprint density at radius 1 is 0.800 bits per heavy atom. The zero-order chi connectivity index (χ0) is 24.6. The van der Waals surface area contributed by atoms with Gasteiger partial charge < -0.3 is 19.4 Å². The van der Waals surface area contributed by atoms with Crippen LogP contribution >= 0.6 is 0 Å². The summed E-state index contributed by atoms with van der Waals surface area (Å²) in [4.78, 5) is 33.9. The van der Waals surface area contributed by atoms with Crippen molar-refractivity contribution in [2.45, 2.75) is 19.3 Å². The Bertz CT molecular complexity index is 975. The molecule has 0 spiro atoms. The summed E-state index contributed by atoms with van der Waals surface area (Å²) in [5, 5.41) is 0. The Hall–Kier alpha value is -3.13. The van der Waals surface area contributed by atoms with Gasteiger partial charge in [-0.2, -0.15) is 0 Å². The largest absolute Gasteiger partial charge is 0.497 e. The maximum atomic E-state index is 13.2. The standard InChI is InChI=1S/C27H35FN4O3/c1-35-25-10-3-22(4-11-25)5-12-26(33)31-14-2-13-29(15-16-31)21-27(34)32-19-17-30(18-20-32)24-8-6-23(28)7-9-24/h3-4,6-11H,2,5,12-21H2,1H3. The van der Waals surface area contributed by atoms with Crippen LogP contribution in [-0.2, 0) is 16.0 Å². The number of carbonyl (C=O) groups is 2. The second-order valence-electron chi connectivity index (χ2n) is 9.20. The highest BCUT2D eigenvalue weighted by molar-refractivity contribution is 5.79. The Morgan fingerprint density at radius 3 is 2.14 bits per heavy atom. The zero-order valence-electron chi connectivity index (χ0n) is 20.5. The second kappa shape index (κ2) is 12.0. The Labute approximate surface area is 207 Å². The molecule has 2 aromatic carbocycles. The van der Waals surface area contributed by atoms with Crippen molar-refractivity contribution in [3.8, 4) is 5.75 Å². The highest BCUT2D eigenvalue weighted by atomic mass is 19.1. The smallest absolute Gasteiger partial charge is 0.236 e. The van der Waals surface area contributed by atoms with Crippen molar-refractivity contribution < 1.29 is 18.7 Å². The lowest BCUT2D eigenvalue weighted by atomic mass is 10.1. The van der Waals surface area contributed by atoms with Crippen LogP contribution in [0.3, 0.4) is 0 Å². The maximum Gasteiger partial charge on any atom is 0.236 e. The van der Waals surface area contributed by atoms with Gasteiger partial charge in [0, 0.05) is 64.5 Å². The molecule has 0 N–H and O–H groups in total. The summed E-state index contributed by atoms with van der Waals surface area (Å²) in [6.45, 7) is 6.15. The molecule has 0 radical (unpaired) electrons. The van der Waals surface area contributed by atoms with E-state index in [2.05, 4.69) is 9.80 Å². The lowest BCUT2D eigenvalue weighted by Gasteiger charge is -2.37. The molecule has 0 aromatic heterocycles. The van der Waals surface area contributed by atoms with Crippen molar-refractivity contribution in [2.24, 2.45) is 0 Å². The minimum atomic E-state index is -0.238. The molecular weight excluding hydrogens is 447 g/mol. The van der Waals surface area contributed by atoms with Crippen molar-refractivity contribution in [2.75, 3.05) is 70.9 Å². The Kier molecular flexibility index (Phi) is 8.58. The van der Waals surface area contributed by atoms with Gasteiger partial charge in [-0.05, 0) is 54.8 Å². The van der Waals surface area contributed by atoms with Crippen LogP contribution in [0.1, 0.15) is 18.4 Å². The number of amides is 2. The zero-order valence-corrected chi connectivity index (χ0v) is 20.5. The van der Waals surface area contributed by atoms with Crippen molar-refractivity contribution in [1.82, 2.24) is 14.7 Å². The summed E-state index contributed by atoms with van der Waals surface area (Å²) < 4.78 is 18.4. The van der Waals surface area contributed by atoms with E-state index in [1.165, 1.54) is 12.1 Å². The average Bonchev–Trinajstić information content (AvgIpc) is 3.14. The van der Waals surface area contributed by atoms with Gasteiger partial charge in [0.05, 0.1) is 13.7 Å². The van der Waals surface area contributed by atoms with E-state index in [0.29, 0.717) is 39.0 Å². The topological polar surface area (TPSA) is 56.3 Å². The van der Waals surface area contributed by atoms with E-state index < -0.39 is 0 Å². The normalized spacial score (nSPS) is 17.3. The Morgan fingerprint density at radius 2 is 1.46 bits per heavy atom. The molecule has 35 heavy (non-hydrogen) atoms. The molecular formula is C27H35FN4O3. The highest BCUT2D eigenvalue weighted by Crippen LogP contribution is 2.17. The third-order valence-corrected chi connectivity index (χ3v) is 6.91. The summed E-state index contributed by atoms with van der Waals surface area (Å²) in [5.41, 5.74) is 2.11. The summed E-state index contributed by atoms with van der Waals surface area (Å²) in [6.07, 6.45) is 2.08. The predicted molar refractivity (Wildman–Crippen MR) is 134 cm³/mol. The van der Waals surface area contributed by atoms with Crippen LogP contribution in [0.25, 0.3) is 0 Å². The van der Waals surface area contributed by atoms with Crippen LogP contribution in [-0.4, -0.2) is 92.5 Å². The summed E-state index contributed by atoms with van der Waals surface area (Å²) in [7, 11) is 1.64. The molecule has 8 heteroatoms. The summed E-state index contributed by atoms with van der Waals surface area (Å²) >= 11 is 0. The van der Waals surface area contributed by atoms with Gasteiger partial charge in [0.15, 0.2) is 0 Å². The molecule has 2 aromatic rings. The number of hydrogen-bond acceptors (Lipinski definition) is 5. The van der Waals surface area contributed by atoms with E-state index >= 15 is 0 Å². The van der Waals surface area contributed by atoms with Gasteiger partial charge in [-0.25, -0.2) is 4.39 Å². The fourth-order valence-electron chi connectivity index (χ4n) is 4.74. The number of piperazine rings is 1. The number of aryl methyl sites for hydroxylation is 1. The number of ether oxygens (including phenoxy) is 1. The highest BCUT2D eigenvalue weighted by Gasteiger charge is 2.25. The number of anilines is 1. The molecule has 4 rings (SSSR count). The number of nitrogens with zero attached hydrogens (tertiary/aromatic N) is 4. The first kappa shape index (κ1) is 25.0. The quantitative estimate of drug-likeness (QED) is 0.608. The van der Waals surface area contributed by atoms with Crippen molar-refractivity contribution >= 4 is 17.5 Å². The number of halogens is 1. The predicted octanol–water partition coefficient (Wildman–Crippen LogP) is 2.65. The minimum absolute atomic E-state index is 0.142. The van der Waals surface area contributed by atoms with Gasteiger partial charge in [-0.1, -0.05) is 12.1 Å². The average molecular weight is 483 g/mol. The van der Waals surface area contributed by atoms with Gasteiger partial charge in [-0.3, -0.25) is 14.5 Å². The van der Waals surface area contributed by atoms with Gasteiger partial charge in [-0.15, -0.1) is 0 Å². The SMILES string of the molecule is COc1ccc(CCC(=O)N2CCCN(CC(=O)N3CCN(c4ccc(F)cc4)CC3)CC2)cc1. The molecule has 2 aliphatic heterocycles. The first-order valence-corrected chi connectivity index (χ1v) is 12.4. The lowest BCUT2D eigenvalue weighted by Crippen LogP contribution is -2.51. The lowest BCUT2D eigenvalue weighted by molar-refractivity contribution is -0.132. The van der Waals surface area contributed by atoms with E-state index in [1.807, 2.05) is 34.1 Å². The first-order chi connectivity index (χ1) is 17.0. The molecule has 0 saturated carbocycles. The van der Waals surface area contributed by atoms with E-state index in [4.69, 9.17) is 4.74 Å². The second-order valence-corrected chi connectivity index (χ2v) is 9.20. The molecule has 2 fully saturated rings. The van der Waals surface area contributed by atoms with Crippen molar-refractivity contribution in [3.63, 3.8) is 0 Å². The maximum absolute atomic E-state index is 13.2. The molecule has 2 aliphatic rings. The molecule has 188 valence electrons. The molecule has 0 bridgehead atoms. The summed E-state index contributed by atoms with van der Waals surface area (Å²) in [5.74, 6) is 0.892. The fraction of sp³-hybridized carbons (Fsp3) is 0.481. The van der Waals surface area contributed by atoms with E-state index in [9.17, 15) is 14.0 Å². The number of benzene rings is 2. The molecule has 0 unspecified atom stereocenters. The van der Waals surface area contributed by atoms with Crippen molar-refractivity contribution in [1.29, 1.82) is 0 Å². The third kappa shape index (κ3) is 6.94. The monoisotopic (exact) mass is 482 g/mol. The molecule has 0 aliphatic carbocycles. The van der Waals surface area contributed by atoms with Crippen LogP contribution in [0.4, 0.5) is 10.1 Å². The summed E-state index contributed by atoms with van der Waals surface area (Å²) in [6, 6.07) is 14.4. The van der Waals surface area contributed by atoms with Crippen molar-refractivity contribution in [3.05, 3.63) is 59.9 Å². The first-order valence-electron chi connectivity index (χ1n) is 12.4. The van der Waals surface area contributed by atoms with Crippen LogP contribution in [0.5, 0.6) is 5.75 Å². The van der Waals surface area contributed by atoms with E-state index in [0.717, 1.165) is 56.1 Å². The number of rotatable bonds is 7. The number of carbonyl (C=O) groups excluding carboxylic acids is 2. The molecule has 2 amide bonds. The molecule has 2 heterocycles. The molecule has 0 atom stereocenters. The van der Waals surface area contributed by atoms with E-state index in [-0.39, 0.29) is 17.6 Å². The fourth-order valence-corrected chi connectivity index (χ4v) is 4.74. The Balaban J connectivity index is 1.18. The number of hydrogen-bond donors (Lipinski definition) is 0. The van der Waals surface area contributed by atoms with Crippen LogP contribution in [0.2, 0.25) is 0 Å². The molecule has 2 saturated heterocycles. The van der Waals surface area contributed by atoms with Crippen LogP contribution in [0.15, 0.2) is 48.5 Å². The van der Waals surface area contributed by atoms with Gasteiger partial charge in [0.2, 0.25) is 11.8 Å². The van der Waals surface area contributed by atoms with Gasteiger partial charge in [0.1, 0.15) is 11.6 Å².